The van der Waals surface area contributed by atoms with Crippen LogP contribution in [0.1, 0.15) is 12.0 Å². The SMILES string of the molecule is O=C(O)CC(=C(Cl)Cl)c1ccccc1. The van der Waals surface area contributed by atoms with E-state index >= 15 is 0 Å². The average Bonchev–Trinajstić information content (AvgIpc) is 2.15. The summed E-state index contributed by atoms with van der Waals surface area (Å²) in [5, 5.41) is 8.64. The van der Waals surface area contributed by atoms with E-state index in [0.717, 1.165) is 5.56 Å². The fourth-order valence-corrected chi connectivity index (χ4v) is 1.42. The number of halogens is 2. The van der Waals surface area contributed by atoms with Crippen LogP contribution in [0.2, 0.25) is 0 Å². The van der Waals surface area contributed by atoms with E-state index in [4.69, 9.17) is 28.3 Å². The molecule has 0 aliphatic heterocycles. The van der Waals surface area contributed by atoms with Crippen LogP contribution in [0.3, 0.4) is 0 Å². The van der Waals surface area contributed by atoms with E-state index in [2.05, 4.69) is 0 Å². The van der Waals surface area contributed by atoms with E-state index in [-0.39, 0.29) is 10.9 Å². The molecule has 0 radical (unpaired) electrons. The molecule has 14 heavy (non-hydrogen) atoms. The maximum atomic E-state index is 10.5. The van der Waals surface area contributed by atoms with Crippen LogP contribution in [0.25, 0.3) is 5.57 Å². The van der Waals surface area contributed by atoms with Crippen LogP contribution < -0.4 is 0 Å². The van der Waals surface area contributed by atoms with E-state index in [1.165, 1.54) is 0 Å². The first kappa shape index (κ1) is 11.1. The number of rotatable bonds is 3. The van der Waals surface area contributed by atoms with E-state index in [9.17, 15) is 4.79 Å². The van der Waals surface area contributed by atoms with E-state index in [1.807, 2.05) is 6.07 Å². The molecular weight excluding hydrogens is 223 g/mol. The second-order valence-electron chi connectivity index (χ2n) is 2.68. The summed E-state index contributed by atoms with van der Waals surface area (Å²) >= 11 is 11.2. The third kappa shape index (κ3) is 3.05. The van der Waals surface area contributed by atoms with Crippen LogP contribution in [-0.2, 0) is 4.79 Å². The number of carboxylic acids is 1. The van der Waals surface area contributed by atoms with Gasteiger partial charge in [0, 0.05) is 5.57 Å². The van der Waals surface area contributed by atoms with E-state index < -0.39 is 5.97 Å². The lowest BCUT2D eigenvalue weighted by Crippen LogP contribution is -1.97. The summed E-state index contributed by atoms with van der Waals surface area (Å²) in [6, 6.07) is 8.97. The Balaban J connectivity index is 3.03. The van der Waals surface area contributed by atoms with Crippen molar-refractivity contribution in [2.45, 2.75) is 6.42 Å². The summed E-state index contributed by atoms with van der Waals surface area (Å²) in [6.07, 6.45) is -0.174. The van der Waals surface area contributed by atoms with Gasteiger partial charge in [-0.15, -0.1) is 0 Å². The van der Waals surface area contributed by atoms with Gasteiger partial charge in [-0.2, -0.15) is 0 Å². The molecule has 0 unspecified atom stereocenters. The molecule has 4 heteroatoms. The molecule has 1 aromatic carbocycles. The van der Waals surface area contributed by atoms with E-state index in [1.54, 1.807) is 24.3 Å². The van der Waals surface area contributed by atoms with Crippen molar-refractivity contribution in [3.05, 3.63) is 40.4 Å². The van der Waals surface area contributed by atoms with Crippen LogP contribution >= 0.6 is 23.2 Å². The van der Waals surface area contributed by atoms with Crippen molar-refractivity contribution in [3.8, 4) is 0 Å². The molecule has 2 nitrogen and oxygen atoms in total. The number of carbonyl (C=O) groups is 1. The summed E-state index contributed by atoms with van der Waals surface area (Å²) in [5.74, 6) is -0.956. The van der Waals surface area contributed by atoms with Gasteiger partial charge in [0.05, 0.1) is 6.42 Å². The summed E-state index contributed by atoms with van der Waals surface area (Å²) in [7, 11) is 0. The molecular formula is C10H8Cl2O2. The van der Waals surface area contributed by atoms with Crippen LogP contribution in [-0.4, -0.2) is 11.1 Å². The Hall–Kier alpha value is -0.990. The van der Waals surface area contributed by atoms with Crippen molar-refractivity contribution in [2.75, 3.05) is 0 Å². The molecule has 0 heterocycles. The highest BCUT2D eigenvalue weighted by atomic mass is 35.5. The van der Waals surface area contributed by atoms with Crippen molar-refractivity contribution < 1.29 is 9.90 Å². The lowest BCUT2D eigenvalue weighted by Gasteiger charge is -2.04. The number of hydrogen-bond donors (Lipinski definition) is 1. The second kappa shape index (κ2) is 5.03. The molecule has 0 bridgehead atoms. The zero-order valence-corrected chi connectivity index (χ0v) is 8.72. The van der Waals surface area contributed by atoms with Gasteiger partial charge in [-0.05, 0) is 5.56 Å². The van der Waals surface area contributed by atoms with Crippen LogP contribution in [0, 0.1) is 0 Å². The smallest absolute Gasteiger partial charge is 0.307 e. The molecule has 0 aliphatic carbocycles. The summed E-state index contributed by atoms with van der Waals surface area (Å²) in [4.78, 5) is 10.5. The minimum atomic E-state index is -0.956. The minimum Gasteiger partial charge on any atom is -0.481 e. The highest BCUT2D eigenvalue weighted by Gasteiger charge is 2.10. The van der Waals surface area contributed by atoms with Gasteiger partial charge in [0.1, 0.15) is 4.49 Å². The highest BCUT2D eigenvalue weighted by molar-refractivity contribution is 6.58. The summed E-state index contributed by atoms with van der Waals surface area (Å²) in [6.45, 7) is 0. The van der Waals surface area contributed by atoms with Gasteiger partial charge in [-0.25, -0.2) is 0 Å². The zero-order valence-electron chi connectivity index (χ0n) is 7.21. The normalized spacial score (nSPS) is 9.57. The highest BCUT2D eigenvalue weighted by Crippen LogP contribution is 2.26. The largest absolute Gasteiger partial charge is 0.481 e. The molecule has 0 aromatic heterocycles. The van der Waals surface area contributed by atoms with Gasteiger partial charge in [-0.3, -0.25) is 4.79 Å². The van der Waals surface area contributed by atoms with Gasteiger partial charge in [0.15, 0.2) is 0 Å². The molecule has 1 aromatic rings. The quantitative estimate of drug-likeness (QED) is 0.866. The van der Waals surface area contributed by atoms with Crippen molar-refractivity contribution in [2.24, 2.45) is 0 Å². The topological polar surface area (TPSA) is 37.3 Å². The van der Waals surface area contributed by atoms with Crippen molar-refractivity contribution in [1.29, 1.82) is 0 Å². The van der Waals surface area contributed by atoms with Gasteiger partial charge in [0.25, 0.3) is 0 Å². The Bertz CT molecular complexity index is 354. The number of benzene rings is 1. The third-order valence-corrected chi connectivity index (χ3v) is 2.13. The second-order valence-corrected chi connectivity index (χ2v) is 3.62. The maximum absolute atomic E-state index is 10.5. The van der Waals surface area contributed by atoms with Crippen molar-refractivity contribution >= 4 is 34.7 Å². The third-order valence-electron chi connectivity index (χ3n) is 1.68. The Morgan fingerprint density at radius 3 is 2.21 bits per heavy atom. The predicted octanol–water partition coefficient (Wildman–Crippen LogP) is 3.31. The summed E-state index contributed by atoms with van der Waals surface area (Å²) in [5.41, 5.74) is 1.16. The molecule has 0 amide bonds. The van der Waals surface area contributed by atoms with Gasteiger partial charge >= 0.3 is 5.97 Å². The Labute approximate surface area is 91.8 Å². The summed E-state index contributed by atoms with van der Waals surface area (Å²) < 4.78 is -0.00130. The van der Waals surface area contributed by atoms with Crippen LogP contribution in [0.15, 0.2) is 34.8 Å². The Morgan fingerprint density at radius 2 is 1.79 bits per heavy atom. The Kier molecular flexibility index (Phi) is 3.98. The number of carboxylic acid groups (broad SMARTS) is 1. The maximum Gasteiger partial charge on any atom is 0.307 e. The first-order chi connectivity index (χ1) is 6.61. The molecule has 0 spiro atoms. The van der Waals surface area contributed by atoms with Crippen LogP contribution in [0.5, 0.6) is 0 Å². The van der Waals surface area contributed by atoms with Crippen molar-refractivity contribution in [1.82, 2.24) is 0 Å². The van der Waals surface area contributed by atoms with Crippen molar-refractivity contribution in [3.63, 3.8) is 0 Å². The molecule has 0 saturated carbocycles. The van der Waals surface area contributed by atoms with E-state index in [0.29, 0.717) is 5.57 Å². The first-order valence-electron chi connectivity index (χ1n) is 3.92. The standard InChI is InChI=1S/C10H8Cl2O2/c11-10(12)8(6-9(13)14)7-4-2-1-3-5-7/h1-5H,6H2,(H,13,14). The zero-order chi connectivity index (χ0) is 10.6. The molecule has 0 atom stereocenters. The van der Waals surface area contributed by atoms with Gasteiger partial charge < -0.3 is 5.11 Å². The van der Waals surface area contributed by atoms with Gasteiger partial charge in [0.2, 0.25) is 0 Å². The predicted molar refractivity (Wildman–Crippen MR) is 57.3 cm³/mol. The molecule has 74 valence electrons. The van der Waals surface area contributed by atoms with Gasteiger partial charge in [-0.1, -0.05) is 53.5 Å². The lowest BCUT2D eigenvalue weighted by molar-refractivity contribution is -0.135. The molecule has 0 saturated heterocycles. The average molecular weight is 231 g/mol. The fraction of sp³-hybridized carbons (Fsp3) is 0.100. The Morgan fingerprint density at radius 1 is 1.21 bits per heavy atom. The number of aliphatic carboxylic acids is 1. The molecule has 1 rings (SSSR count). The van der Waals surface area contributed by atoms with Crippen LogP contribution in [0.4, 0.5) is 0 Å². The number of hydrogen-bond acceptors (Lipinski definition) is 1. The molecule has 0 aliphatic rings. The minimum absolute atomic E-state index is 0.00130. The lowest BCUT2D eigenvalue weighted by atomic mass is 10.1. The molecule has 1 N–H and O–H groups in total. The monoisotopic (exact) mass is 230 g/mol. The first-order valence-corrected chi connectivity index (χ1v) is 4.68. The fourth-order valence-electron chi connectivity index (χ4n) is 1.07. The molecule has 0 fully saturated rings.